The highest BCUT2D eigenvalue weighted by Crippen LogP contribution is 2.26. The van der Waals surface area contributed by atoms with Gasteiger partial charge in [0.25, 0.3) is 0 Å². The molecule has 2 aromatic rings. The molecule has 2 N–H and O–H groups in total. The van der Waals surface area contributed by atoms with Gasteiger partial charge in [0.2, 0.25) is 0 Å². The average molecular weight is 279 g/mol. The number of pyridine rings is 1. The quantitative estimate of drug-likeness (QED) is 0.899. The van der Waals surface area contributed by atoms with Crippen LogP contribution in [-0.4, -0.2) is 19.1 Å². The van der Waals surface area contributed by atoms with Crippen molar-refractivity contribution in [1.29, 1.82) is 0 Å². The molecule has 0 saturated carbocycles. The highest BCUT2D eigenvalue weighted by molar-refractivity contribution is 5.61. The Hall–Kier alpha value is -2.37. The van der Waals surface area contributed by atoms with Crippen molar-refractivity contribution in [3.05, 3.63) is 41.5 Å². The van der Waals surface area contributed by atoms with Gasteiger partial charge < -0.3 is 15.4 Å². The van der Waals surface area contributed by atoms with E-state index < -0.39 is 11.6 Å². The monoisotopic (exact) mass is 279 g/mol. The molecule has 0 aliphatic rings. The normalized spacial score (nSPS) is 10.2. The predicted molar refractivity (Wildman–Crippen MR) is 74.7 cm³/mol. The van der Waals surface area contributed by atoms with Crippen LogP contribution in [0.3, 0.4) is 0 Å². The van der Waals surface area contributed by atoms with Gasteiger partial charge in [0.1, 0.15) is 5.75 Å². The van der Waals surface area contributed by atoms with Crippen LogP contribution in [0.2, 0.25) is 0 Å². The number of halogens is 2. The topological polar surface area (TPSA) is 46.2 Å². The van der Waals surface area contributed by atoms with E-state index in [1.54, 1.807) is 25.3 Å². The second-order valence-electron chi connectivity index (χ2n) is 4.21. The second-order valence-corrected chi connectivity index (χ2v) is 4.21. The fourth-order valence-electron chi connectivity index (χ4n) is 1.82. The third-order valence-corrected chi connectivity index (χ3v) is 2.82. The van der Waals surface area contributed by atoms with Crippen molar-refractivity contribution in [1.82, 2.24) is 4.98 Å². The lowest BCUT2D eigenvalue weighted by molar-refractivity contribution is 0.412. The van der Waals surface area contributed by atoms with Gasteiger partial charge in [-0.2, -0.15) is 0 Å². The molecule has 4 nitrogen and oxygen atoms in total. The van der Waals surface area contributed by atoms with E-state index in [-0.39, 0.29) is 11.6 Å². The molecule has 0 amide bonds. The minimum Gasteiger partial charge on any atom is -0.496 e. The van der Waals surface area contributed by atoms with Crippen molar-refractivity contribution in [2.24, 2.45) is 0 Å². The zero-order valence-corrected chi connectivity index (χ0v) is 11.4. The largest absolute Gasteiger partial charge is 0.496 e. The Morgan fingerprint density at radius 2 is 1.80 bits per heavy atom. The van der Waals surface area contributed by atoms with E-state index in [4.69, 9.17) is 4.74 Å². The zero-order chi connectivity index (χ0) is 14.7. The number of aromatic nitrogens is 1. The molecule has 0 atom stereocenters. The summed E-state index contributed by atoms with van der Waals surface area (Å²) in [7, 11) is 3.10. The summed E-state index contributed by atoms with van der Waals surface area (Å²) in [5.74, 6) is -0.810. The van der Waals surface area contributed by atoms with Crippen LogP contribution in [0, 0.1) is 18.6 Å². The first-order valence-electron chi connectivity index (χ1n) is 6.00. The van der Waals surface area contributed by atoms with Crippen molar-refractivity contribution < 1.29 is 13.5 Å². The molecule has 1 aromatic carbocycles. The predicted octanol–water partition coefficient (Wildman–Crippen LogP) is 3.46. The van der Waals surface area contributed by atoms with E-state index in [2.05, 4.69) is 15.6 Å². The number of hydrogen-bond acceptors (Lipinski definition) is 4. The summed E-state index contributed by atoms with van der Waals surface area (Å²) in [6, 6.07) is 6.08. The van der Waals surface area contributed by atoms with Crippen LogP contribution in [0.1, 0.15) is 5.56 Å². The smallest absolute Gasteiger partial charge is 0.169 e. The first kappa shape index (κ1) is 14.0. The minimum absolute atomic E-state index is 0.0147. The van der Waals surface area contributed by atoms with Crippen LogP contribution in [0.25, 0.3) is 0 Å². The SMILES string of the molecule is CNc1nc(Nc2ccc(OC)c(C)c2)c(F)cc1F. The second kappa shape index (κ2) is 5.73. The molecule has 106 valence electrons. The van der Waals surface area contributed by atoms with Crippen LogP contribution in [0.5, 0.6) is 5.75 Å². The maximum Gasteiger partial charge on any atom is 0.169 e. The summed E-state index contributed by atoms with van der Waals surface area (Å²) in [6.45, 7) is 1.87. The van der Waals surface area contributed by atoms with Crippen molar-refractivity contribution in [3.63, 3.8) is 0 Å². The van der Waals surface area contributed by atoms with Crippen LogP contribution >= 0.6 is 0 Å². The Kier molecular flexibility index (Phi) is 4.02. The van der Waals surface area contributed by atoms with E-state index >= 15 is 0 Å². The molecule has 2 rings (SSSR count). The maximum atomic E-state index is 13.7. The molecule has 0 aliphatic heterocycles. The van der Waals surface area contributed by atoms with E-state index in [1.165, 1.54) is 7.05 Å². The lowest BCUT2D eigenvalue weighted by Gasteiger charge is -2.11. The third kappa shape index (κ3) is 2.79. The van der Waals surface area contributed by atoms with Crippen LogP contribution in [0.4, 0.5) is 26.1 Å². The fourth-order valence-corrected chi connectivity index (χ4v) is 1.82. The van der Waals surface area contributed by atoms with Gasteiger partial charge in [0.05, 0.1) is 7.11 Å². The lowest BCUT2D eigenvalue weighted by Crippen LogP contribution is -2.03. The number of nitrogens with one attached hydrogen (secondary N) is 2. The molecular weight excluding hydrogens is 264 g/mol. The fraction of sp³-hybridized carbons (Fsp3) is 0.214. The zero-order valence-electron chi connectivity index (χ0n) is 11.4. The Morgan fingerprint density at radius 3 is 2.40 bits per heavy atom. The van der Waals surface area contributed by atoms with Gasteiger partial charge in [-0.15, -0.1) is 0 Å². The summed E-state index contributed by atoms with van der Waals surface area (Å²) in [6.07, 6.45) is 0. The molecular formula is C14H15F2N3O. The number of rotatable bonds is 4. The van der Waals surface area contributed by atoms with Crippen molar-refractivity contribution >= 4 is 17.3 Å². The lowest BCUT2D eigenvalue weighted by atomic mass is 10.2. The number of ether oxygens (including phenoxy) is 1. The molecule has 0 saturated heterocycles. The molecule has 1 heterocycles. The summed E-state index contributed by atoms with van der Waals surface area (Å²) >= 11 is 0. The van der Waals surface area contributed by atoms with E-state index in [0.717, 1.165) is 17.4 Å². The first-order chi connectivity index (χ1) is 9.55. The van der Waals surface area contributed by atoms with Gasteiger partial charge in [-0.05, 0) is 30.7 Å². The maximum absolute atomic E-state index is 13.7. The number of benzene rings is 1. The first-order valence-corrected chi connectivity index (χ1v) is 6.00. The van der Waals surface area contributed by atoms with E-state index in [1.807, 2.05) is 6.92 Å². The summed E-state index contributed by atoms with van der Waals surface area (Å²) < 4.78 is 32.2. The van der Waals surface area contributed by atoms with Crippen LogP contribution in [-0.2, 0) is 0 Å². The molecule has 0 unspecified atom stereocenters. The third-order valence-electron chi connectivity index (χ3n) is 2.82. The highest BCUT2D eigenvalue weighted by Gasteiger charge is 2.11. The standard InChI is InChI=1S/C14H15F2N3O/c1-8-6-9(4-5-12(8)20-3)18-14-11(16)7-10(15)13(17-2)19-14/h4-7H,1-3H3,(H2,17,18,19). The number of aryl methyl sites for hydroxylation is 1. The van der Waals surface area contributed by atoms with Gasteiger partial charge in [-0.25, -0.2) is 13.8 Å². The molecule has 1 aromatic heterocycles. The summed E-state index contributed by atoms with van der Waals surface area (Å²) in [4.78, 5) is 3.85. The van der Waals surface area contributed by atoms with Gasteiger partial charge in [0, 0.05) is 18.8 Å². The number of nitrogens with zero attached hydrogens (tertiary/aromatic N) is 1. The summed E-state index contributed by atoms with van der Waals surface area (Å²) in [5.41, 5.74) is 1.54. The van der Waals surface area contributed by atoms with Crippen molar-refractivity contribution in [2.45, 2.75) is 6.92 Å². The molecule has 0 spiro atoms. The Bertz CT molecular complexity index is 632. The van der Waals surface area contributed by atoms with Crippen LogP contribution < -0.4 is 15.4 Å². The Balaban J connectivity index is 2.32. The van der Waals surface area contributed by atoms with Crippen molar-refractivity contribution in [3.8, 4) is 5.75 Å². The number of methoxy groups -OCH3 is 1. The molecule has 0 aliphatic carbocycles. The highest BCUT2D eigenvalue weighted by atomic mass is 19.1. The van der Waals surface area contributed by atoms with Gasteiger partial charge in [0.15, 0.2) is 23.3 Å². The average Bonchev–Trinajstić information content (AvgIpc) is 2.42. The van der Waals surface area contributed by atoms with Crippen molar-refractivity contribution in [2.75, 3.05) is 24.8 Å². The molecule has 0 bridgehead atoms. The molecule has 0 radical (unpaired) electrons. The molecule has 0 fully saturated rings. The Labute approximate surface area is 115 Å². The van der Waals surface area contributed by atoms with Gasteiger partial charge >= 0.3 is 0 Å². The van der Waals surface area contributed by atoms with E-state index in [0.29, 0.717) is 5.69 Å². The number of hydrogen-bond donors (Lipinski definition) is 2. The number of anilines is 3. The molecule has 6 heteroatoms. The Morgan fingerprint density at radius 1 is 1.10 bits per heavy atom. The summed E-state index contributed by atoms with van der Waals surface area (Å²) in [5, 5.41) is 5.38. The minimum atomic E-state index is -0.755. The van der Waals surface area contributed by atoms with Crippen LogP contribution in [0.15, 0.2) is 24.3 Å². The van der Waals surface area contributed by atoms with E-state index in [9.17, 15) is 8.78 Å². The van der Waals surface area contributed by atoms with Gasteiger partial charge in [-0.3, -0.25) is 0 Å². The van der Waals surface area contributed by atoms with Gasteiger partial charge in [-0.1, -0.05) is 0 Å². The molecule has 20 heavy (non-hydrogen) atoms.